The number of hydrogen-bond donors (Lipinski definition) is 1. The number of rotatable bonds is 7. The van der Waals surface area contributed by atoms with Gasteiger partial charge in [-0.25, -0.2) is 4.98 Å². The van der Waals surface area contributed by atoms with Gasteiger partial charge in [0.2, 0.25) is 0 Å². The topological polar surface area (TPSA) is 104 Å². The molecule has 0 radical (unpaired) electrons. The first-order chi connectivity index (χ1) is 21.1. The summed E-state index contributed by atoms with van der Waals surface area (Å²) in [6, 6.07) is 30.1. The molecule has 8 heteroatoms. The van der Waals surface area contributed by atoms with Crippen LogP contribution >= 0.6 is 11.9 Å². The summed E-state index contributed by atoms with van der Waals surface area (Å²) in [6.07, 6.45) is 6.51. The van der Waals surface area contributed by atoms with Crippen molar-refractivity contribution in [2.24, 2.45) is 0 Å². The van der Waals surface area contributed by atoms with Crippen molar-refractivity contribution in [1.82, 2.24) is 8.96 Å². The van der Waals surface area contributed by atoms with E-state index in [-0.39, 0.29) is 13.5 Å². The van der Waals surface area contributed by atoms with E-state index >= 15 is 0 Å². The molecule has 0 saturated carbocycles. The van der Waals surface area contributed by atoms with Crippen molar-refractivity contribution in [1.29, 1.82) is 10.5 Å². The van der Waals surface area contributed by atoms with Crippen molar-refractivity contribution in [3.05, 3.63) is 102 Å². The fourth-order valence-corrected chi connectivity index (χ4v) is 5.63. The van der Waals surface area contributed by atoms with Gasteiger partial charge in [0.25, 0.3) is 0 Å². The molecular formula is C36H36N4O3S. The molecule has 1 aliphatic heterocycles. The highest BCUT2D eigenvalue weighted by Gasteiger charge is 2.19. The van der Waals surface area contributed by atoms with Gasteiger partial charge in [-0.15, -0.1) is 0 Å². The molecule has 1 N–H and O–H groups in total. The zero-order valence-corrected chi connectivity index (χ0v) is 24.8. The van der Waals surface area contributed by atoms with Crippen LogP contribution in [0.4, 0.5) is 0 Å². The predicted octanol–water partition coefficient (Wildman–Crippen LogP) is 8.25. The fourth-order valence-electron chi connectivity index (χ4n) is 4.73. The molecule has 1 aliphatic rings. The number of ether oxygens (including phenoxy) is 2. The molecule has 0 unspecified atom stereocenters. The van der Waals surface area contributed by atoms with Crippen molar-refractivity contribution >= 4 is 23.0 Å². The highest BCUT2D eigenvalue weighted by atomic mass is 32.2. The summed E-state index contributed by atoms with van der Waals surface area (Å²) >= 11 is 1.59. The molecule has 3 heterocycles. The van der Waals surface area contributed by atoms with Crippen LogP contribution in [0.5, 0.6) is 5.75 Å². The Bertz CT molecular complexity index is 1750. The zero-order valence-electron chi connectivity index (χ0n) is 23.9. The van der Waals surface area contributed by atoms with Gasteiger partial charge in [-0.2, -0.15) is 10.5 Å². The number of pyridine rings is 1. The lowest BCUT2D eigenvalue weighted by atomic mass is 10.00. The van der Waals surface area contributed by atoms with E-state index in [9.17, 15) is 10.5 Å². The Hall–Kier alpha value is -4.60. The first-order valence-corrected chi connectivity index (χ1v) is 15.1. The Morgan fingerprint density at radius 2 is 1.66 bits per heavy atom. The van der Waals surface area contributed by atoms with Gasteiger partial charge < -0.3 is 14.6 Å². The molecule has 1 fully saturated rings. The first kappa shape index (κ1) is 32.3. The third kappa shape index (κ3) is 7.67. The molecule has 0 amide bonds. The number of nitriles is 2. The Balaban J connectivity index is 0.000000834. The number of aliphatic hydroxyl groups is 1. The van der Waals surface area contributed by atoms with Crippen molar-refractivity contribution in [2.45, 2.75) is 44.6 Å². The van der Waals surface area contributed by atoms with E-state index in [4.69, 9.17) is 19.6 Å². The van der Waals surface area contributed by atoms with Crippen LogP contribution in [0.2, 0.25) is 0 Å². The molecule has 0 bridgehead atoms. The minimum atomic E-state index is 0. The largest absolute Gasteiger partial charge is 0.489 e. The average Bonchev–Trinajstić information content (AvgIpc) is 3.43. The van der Waals surface area contributed by atoms with E-state index in [1.54, 1.807) is 11.9 Å². The molecule has 0 atom stereocenters. The van der Waals surface area contributed by atoms with Gasteiger partial charge in [-0.3, -0.25) is 3.97 Å². The summed E-state index contributed by atoms with van der Waals surface area (Å²) in [6.45, 7) is 3.61. The van der Waals surface area contributed by atoms with E-state index in [1.165, 1.54) is 0 Å². The van der Waals surface area contributed by atoms with E-state index in [0.717, 1.165) is 57.4 Å². The predicted molar refractivity (Wildman–Crippen MR) is 176 cm³/mol. The fraction of sp³-hybridized carbons (Fsp3) is 0.250. The second kappa shape index (κ2) is 15.7. The van der Waals surface area contributed by atoms with Gasteiger partial charge in [0, 0.05) is 53.3 Å². The van der Waals surface area contributed by atoms with Crippen LogP contribution in [-0.4, -0.2) is 40.0 Å². The molecule has 1 saturated heterocycles. The second-order valence-electron chi connectivity index (χ2n) is 10.0. The number of aromatic nitrogens is 2. The van der Waals surface area contributed by atoms with E-state index in [0.29, 0.717) is 36.7 Å². The summed E-state index contributed by atoms with van der Waals surface area (Å²) in [5.41, 5.74) is 5.79. The maximum Gasteiger partial charge on any atom is 0.150 e. The number of fused-ring (bicyclic) bond motifs is 1. The summed E-state index contributed by atoms with van der Waals surface area (Å²) in [7, 11) is 0. The molecule has 7 nitrogen and oxygen atoms in total. The van der Waals surface area contributed by atoms with Gasteiger partial charge in [0.1, 0.15) is 17.9 Å². The SMILES string of the molecule is C.CCCO.N#Cc1ccc(-c2cnc3c(c2)c(-c2ccc(OC4CCOCC4)c(C#N)c2)cn3Sc2ccccc2)cc1. The Kier molecular flexibility index (Phi) is 11.6. The number of aliphatic hydroxyl groups excluding tert-OH is 1. The lowest BCUT2D eigenvalue weighted by Gasteiger charge is -2.23. The lowest BCUT2D eigenvalue weighted by Crippen LogP contribution is -2.26. The molecule has 2 aromatic heterocycles. The molecule has 5 aromatic rings. The monoisotopic (exact) mass is 604 g/mol. The van der Waals surface area contributed by atoms with E-state index in [1.807, 2.05) is 73.8 Å². The van der Waals surface area contributed by atoms with Crippen molar-refractivity contribution in [3.63, 3.8) is 0 Å². The minimum Gasteiger partial charge on any atom is -0.489 e. The maximum atomic E-state index is 9.97. The van der Waals surface area contributed by atoms with Crippen molar-refractivity contribution in [2.75, 3.05) is 19.8 Å². The molecule has 6 rings (SSSR count). The van der Waals surface area contributed by atoms with Crippen LogP contribution in [0.15, 0.2) is 96.2 Å². The van der Waals surface area contributed by atoms with Crippen molar-refractivity contribution in [3.8, 4) is 40.1 Å². The van der Waals surface area contributed by atoms with Crippen molar-refractivity contribution < 1.29 is 14.6 Å². The van der Waals surface area contributed by atoms with E-state index < -0.39 is 0 Å². The summed E-state index contributed by atoms with van der Waals surface area (Å²) in [5.74, 6) is 0.604. The number of benzene rings is 3. The Morgan fingerprint density at radius 1 is 0.955 bits per heavy atom. The standard InChI is InChI=1S/C32H24N4O2S.C3H8O.CH4/c33-18-22-6-8-23(9-7-22)26-17-29-30(21-36(32(29)35-20-26)39-28-4-2-1-3-5-28)24-10-11-31(25(16-24)19-34)38-27-12-14-37-15-13-27;1-2-3-4;/h1-11,16-17,20-21,27H,12-15H2;4H,2-3H2,1H3;1H4. The Morgan fingerprint density at radius 3 is 2.32 bits per heavy atom. The number of nitrogens with zero attached hydrogens (tertiary/aromatic N) is 4. The van der Waals surface area contributed by atoms with Crippen LogP contribution in [-0.2, 0) is 4.74 Å². The second-order valence-corrected chi connectivity index (χ2v) is 11.1. The van der Waals surface area contributed by atoms with Gasteiger partial charge in [0.15, 0.2) is 5.65 Å². The van der Waals surface area contributed by atoms with Gasteiger partial charge in [-0.05, 0) is 72.0 Å². The molecule has 224 valence electrons. The normalized spacial score (nSPS) is 12.7. The van der Waals surface area contributed by atoms with Crippen LogP contribution in [0.3, 0.4) is 0 Å². The van der Waals surface area contributed by atoms with Crippen LogP contribution in [0.25, 0.3) is 33.3 Å². The third-order valence-corrected chi connectivity index (χ3v) is 7.96. The van der Waals surface area contributed by atoms with Crippen LogP contribution in [0, 0.1) is 22.7 Å². The third-order valence-electron chi connectivity index (χ3n) is 7.00. The van der Waals surface area contributed by atoms with Gasteiger partial charge >= 0.3 is 0 Å². The van der Waals surface area contributed by atoms with Gasteiger partial charge in [0.05, 0.1) is 30.4 Å². The minimum absolute atomic E-state index is 0. The average molecular weight is 605 g/mol. The summed E-state index contributed by atoms with van der Waals surface area (Å²) in [4.78, 5) is 5.95. The number of hydrogen-bond acceptors (Lipinski definition) is 7. The molecule has 44 heavy (non-hydrogen) atoms. The highest BCUT2D eigenvalue weighted by Crippen LogP contribution is 2.38. The quantitative estimate of drug-likeness (QED) is 0.199. The zero-order chi connectivity index (χ0) is 30.0. The Labute approximate surface area is 263 Å². The summed E-state index contributed by atoms with van der Waals surface area (Å²) < 4.78 is 13.7. The maximum absolute atomic E-state index is 9.97. The van der Waals surface area contributed by atoms with Crippen LogP contribution in [0.1, 0.15) is 44.7 Å². The molecule has 3 aromatic carbocycles. The summed E-state index contributed by atoms with van der Waals surface area (Å²) in [5, 5.41) is 28.0. The molecular weight excluding hydrogens is 568 g/mol. The smallest absolute Gasteiger partial charge is 0.150 e. The van der Waals surface area contributed by atoms with Gasteiger partial charge in [-0.1, -0.05) is 50.7 Å². The molecule has 0 spiro atoms. The lowest BCUT2D eigenvalue weighted by molar-refractivity contribution is 0.0254. The van der Waals surface area contributed by atoms with E-state index in [2.05, 4.69) is 40.5 Å². The first-order valence-electron chi connectivity index (χ1n) is 14.3. The highest BCUT2D eigenvalue weighted by molar-refractivity contribution is 7.98. The molecule has 0 aliphatic carbocycles. The van der Waals surface area contributed by atoms with Crippen LogP contribution < -0.4 is 4.74 Å².